The summed E-state index contributed by atoms with van der Waals surface area (Å²) in [4.78, 5) is 12.9. The Balaban J connectivity index is 2.31. The van der Waals surface area contributed by atoms with Crippen LogP contribution in [0.25, 0.3) is 10.8 Å². The highest BCUT2D eigenvalue weighted by Crippen LogP contribution is 2.28. The van der Waals surface area contributed by atoms with Gasteiger partial charge in [-0.25, -0.2) is 12.8 Å². The fraction of sp³-hybridized carbons (Fsp3) is 0.0526. The van der Waals surface area contributed by atoms with Crippen molar-refractivity contribution in [3.63, 3.8) is 0 Å². The van der Waals surface area contributed by atoms with Crippen molar-refractivity contribution in [2.75, 3.05) is 6.26 Å². The van der Waals surface area contributed by atoms with Gasteiger partial charge in [-0.1, -0.05) is 24.3 Å². The highest BCUT2D eigenvalue weighted by molar-refractivity contribution is 7.90. The molecule has 0 bridgehead atoms. The van der Waals surface area contributed by atoms with E-state index in [1.807, 2.05) is 6.07 Å². The summed E-state index contributed by atoms with van der Waals surface area (Å²) < 4.78 is 37.4. The van der Waals surface area contributed by atoms with Crippen LogP contribution in [0.4, 0.5) is 4.39 Å². The number of benzene rings is 3. The standard InChI is InChI=1S/C19H12FNO3S/c1-25(23,24)14-8-9-15-12(10-14)6-7-13(11-21)18(15)19(22)16-4-2-3-5-17(16)20/h2-10H,1H3. The Morgan fingerprint density at radius 3 is 2.44 bits per heavy atom. The second kappa shape index (κ2) is 6.11. The Kier molecular flexibility index (Phi) is 4.11. The molecule has 0 aliphatic rings. The van der Waals surface area contributed by atoms with Crippen LogP contribution >= 0.6 is 0 Å². The summed E-state index contributed by atoms with van der Waals surface area (Å²) in [6.45, 7) is 0. The van der Waals surface area contributed by atoms with E-state index >= 15 is 0 Å². The van der Waals surface area contributed by atoms with Gasteiger partial charge in [0.1, 0.15) is 5.82 Å². The van der Waals surface area contributed by atoms with E-state index in [0.717, 1.165) is 6.26 Å². The number of carbonyl (C=O) groups is 1. The van der Waals surface area contributed by atoms with Crippen LogP contribution < -0.4 is 0 Å². The second-order valence-corrected chi connectivity index (χ2v) is 7.58. The van der Waals surface area contributed by atoms with Crippen molar-refractivity contribution < 1.29 is 17.6 Å². The molecule has 0 aliphatic carbocycles. The van der Waals surface area contributed by atoms with E-state index in [1.165, 1.54) is 48.5 Å². The number of rotatable bonds is 3. The van der Waals surface area contributed by atoms with Crippen LogP contribution in [-0.2, 0) is 9.84 Å². The van der Waals surface area contributed by atoms with Crippen molar-refractivity contribution in [2.45, 2.75) is 4.90 Å². The third kappa shape index (κ3) is 3.02. The van der Waals surface area contributed by atoms with Gasteiger partial charge in [-0.05, 0) is 41.1 Å². The van der Waals surface area contributed by atoms with Gasteiger partial charge in [0.2, 0.25) is 0 Å². The lowest BCUT2D eigenvalue weighted by Crippen LogP contribution is -2.08. The van der Waals surface area contributed by atoms with Crippen molar-refractivity contribution in [3.8, 4) is 6.07 Å². The number of hydrogen-bond acceptors (Lipinski definition) is 4. The zero-order chi connectivity index (χ0) is 18.2. The maximum atomic E-state index is 14.0. The number of nitriles is 1. The normalized spacial score (nSPS) is 11.2. The molecule has 0 aliphatic heterocycles. The molecule has 0 saturated carbocycles. The molecule has 6 heteroatoms. The largest absolute Gasteiger partial charge is 0.288 e. The van der Waals surface area contributed by atoms with E-state index in [2.05, 4.69) is 0 Å². The second-order valence-electron chi connectivity index (χ2n) is 5.56. The Morgan fingerprint density at radius 2 is 1.80 bits per heavy atom. The summed E-state index contributed by atoms with van der Waals surface area (Å²) in [6.07, 6.45) is 1.09. The van der Waals surface area contributed by atoms with E-state index in [-0.39, 0.29) is 21.6 Å². The summed E-state index contributed by atoms with van der Waals surface area (Å²) in [7, 11) is -3.41. The van der Waals surface area contributed by atoms with Gasteiger partial charge in [0, 0.05) is 11.8 Å². The van der Waals surface area contributed by atoms with Gasteiger partial charge in [0.05, 0.1) is 22.1 Å². The first kappa shape index (κ1) is 16.8. The van der Waals surface area contributed by atoms with Crippen molar-refractivity contribution >= 4 is 26.4 Å². The summed E-state index contributed by atoms with van der Waals surface area (Å²) >= 11 is 0. The lowest BCUT2D eigenvalue weighted by Gasteiger charge is -2.10. The molecule has 0 amide bonds. The molecule has 0 unspecified atom stereocenters. The minimum absolute atomic E-state index is 0.0603. The number of ketones is 1. The molecule has 4 nitrogen and oxygen atoms in total. The Hall–Kier alpha value is -3.04. The smallest absolute Gasteiger partial charge is 0.197 e. The molecule has 3 aromatic rings. The summed E-state index contributed by atoms with van der Waals surface area (Å²) in [5.74, 6) is -1.30. The fourth-order valence-corrected chi connectivity index (χ4v) is 3.31. The average Bonchev–Trinajstić information content (AvgIpc) is 2.59. The monoisotopic (exact) mass is 353 g/mol. The molecule has 3 aromatic carbocycles. The highest BCUT2D eigenvalue weighted by Gasteiger charge is 2.20. The molecule has 0 heterocycles. The molecular weight excluding hydrogens is 341 g/mol. The van der Waals surface area contributed by atoms with E-state index in [1.54, 1.807) is 6.07 Å². The van der Waals surface area contributed by atoms with Gasteiger partial charge in [-0.15, -0.1) is 0 Å². The van der Waals surface area contributed by atoms with E-state index in [9.17, 15) is 22.9 Å². The minimum atomic E-state index is -3.41. The van der Waals surface area contributed by atoms with Crippen LogP contribution in [0.2, 0.25) is 0 Å². The average molecular weight is 353 g/mol. The lowest BCUT2D eigenvalue weighted by molar-refractivity contribution is 0.103. The third-order valence-corrected chi connectivity index (χ3v) is 5.00. The van der Waals surface area contributed by atoms with Crippen molar-refractivity contribution in [1.82, 2.24) is 0 Å². The molecule has 0 atom stereocenters. The van der Waals surface area contributed by atoms with E-state index in [4.69, 9.17) is 0 Å². The molecular formula is C19H12FNO3S. The van der Waals surface area contributed by atoms with Crippen LogP contribution in [0, 0.1) is 17.1 Å². The molecule has 0 saturated heterocycles. The highest BCUT2D eigenvalue weighted by atomic mass is 32.2. The first-order chi connectivity index (χ1) is 11.8. The molecule has 0 N–H and O–H groups in total. The topological polar surface area (TPSA) is 75.0 Å². The lowest BCUT2D eigenvalue weighted by atomic mass is 9.93. The quantitative estimate of drug-likeness (QED) is 0.676. The minimum Gasteiger partial charge on any atom is -0.288 e. The van der Waals surface area contributed by atoms with Crippen LogP contribution in [0.1, 0.15) is 21.5 Å². The first-order valence-corrected chi connectivity index (χ1v) is 9.18. The summed E-state index contributed by atoms with van der Waals surface area (Å²) in [6, 6.07) is 14.8. The maximum Gasteiger partial charge on any atom is 0.197 e. The molecule has 124 valence electrons. The van der Waals surface area contributed by atoms with E-state index < -0.39 is 21.4 Å². The van der Waals surface area contributed by atoms with Gasteiger partial charge in [-0.2, -0.15) is 5.26 Å². The van der Waals surface area contributed by atoms with Gasteiger partial charge < -0.3 is 0 Å². The van der Waals surface area contributed by atoms with E-state index in [0.29, 0.717) is 10.8 Å². The molecule has 3 rings (SSSR count). The molecule has 0 aromatic heterocycles. The Labute approximate surface area is 144 Å². The van der Waals surface area contributed by atoms with Crippen molar-refractivity contribution in [2.24, 2.45) is 0 Å². The molecule has 25 heavy (non-hydrogen) atoms. The summed E-state index contributed by atoms with van der Waals surface area (Å²) in [5, 5.41) is 10.2. The zero-order valence-electron chi connectivity index (χ0n) is 13.2. The Morgan fingerprint density at radius 1 is 1.08 bits per heavy atom. The Bertz CT molecular complexity index is 1160. The number of nitrogens with zero attached hydrogens (tertiary/aromatic N) is 1. The van der Waals surface area contributed by atoms with Gasteiger partial charge >= 0.3 is 0 Å². The van der Waals surface area contributed by atoms with Crippen LogP contribution in [0.5, 0.6) is 0 Å². The number of hydrogen-bond donors (Lipinski definition) is 0. The van der Waals surface area contributed by atoms with Crippen LogP contribution in [0.3, 0.4) is 0 Å². The van der Waals surface area contributed by atoms with Gasteiger partial charge in [0.25, 0.3) is 0 Å². The fourth-order valence-electron chi connectivity index (χ4n) is 2.66. The zero-order valence-corrected chi connectivity index (χ0v) is 14.0. The predicted molar refractivity (Wildman–Crippen MR) is 91.6 cm³/mol. The third-order valence-electron chi connectivity index (χ3n) is 3.89. The predicted octanol–water partition coefficient (Wildman–Crippen LogP) is 3.49. The maximum absolute atomic E-state index is 14.0. The van der Waals surface area contributed by atoms with Gasteiger partial charge in [-0.3, -0.25) is 4.79 Å². The number of sulfone groups is 1. The van der Waals surface area contributed by atoms with Gasteiger partial charge in [0.15, 0.2) is 15.6 Å². The molecule has 0 fully saturated rings. The van der Waals surface area contributed by atoms with Crippen LogP contribution in [-0.4, -0.2) is 20.5 Å². The molecule has 0 radical (unpaired) electrons. The number of carbonyl (C=O) groups excluding carboxylic acids is 1. The molecule has 0 spiro atoms. The number of halogens is 1. The van der Waals surface area contributed by atoms with Crippen molar-refractivity contribution in [1.29, 1.82) is 5.26 Å². The SMILES string of the molecule is CS(=O)(=O)c1ccc2c(C(=O)c3ccccc3F)c(C#N)ccc2c1. The summed E-state index contributed by atoms with van der Waals surface area (Å²) in [5.41, 5.74) is 0.0247. The first-order valence-electron chi connectivity index (χ1n) is 7.29. The van der Waals surface area contributed by atoms with Crippen molar-refractivity contribution in [3.05, 3.63) is 77.1 Å². The number of fused-ring (bicyclic) bond motifs is 1. The van der Waals surface area contributed by atoms with Crippen LogP contribution in [0.15, 0.2) is 59.5 Å².